The van der Waals surface area contributed by atoms with Gasteiger partial charge in [-0.3, -0.25) is 9.69 Å². The topological polar surface area (TPSA) is 81.3 Å². The number of ether oxygens (including phenoxy) is 1. The number of aromatic nitrogens is 2. The van der Waals surface area contributed by atoms with Crippen molar-refractivity contribution < 1.29 is 9.53 Å². The molecule has 1 unspecified atom stereocenters. The van der Waals surface area contributed by atoms with Crippen molar-refractivity contribution in [2.24, 2.45) is 5.92 Å². The Balaban J connectivity index is 1.53. The summed E-state index contributed by atoms with van der Waals surface area (Å²) in [6, 6.07) is 0. The Morgan fingerprint density at radius 2 is 2.11 bits per heavy atom. The molecule has 0 radical (unpaired) electrons. The van der Waals surface area contributed by atoms with Crippen molar-refractivity contribution in [3.63, 3.8) is 0 Å². The highest BCUT2D eigenvalue weighted by Crippen LogP contribution is 2.37. The Hall–Kier alpha value is -1.73. The second-order valence-electron chi connectivity index (χ2n) is 7.60. The zero-order chi connectivity index (χ0) is 18.8. The van der Waals surface area contributed by atoms with Crippen molar-refractivity contribution in [3.05, 3.63) is 16.3 Å². The monoisotopic (exact) mass is 388 g/mol. The molecule has 0 amide bonds. The Kier molecular flexibility index (Phi) is 5.59. The number of hydrogen-bond donors (Lipinski definition) is 1. The maximum absolute atomic E-state index is 12.1. The van der Waals surface area contributed by atoms with Gasteiger partial charge in [0, 0.05) is 11.4 Å². The number of anilines is 1. The molecule has 1 saturated heterocycles. The van der Waals surface area contributed by atoms with Crippen LogP contribution in [0.2, 0.25) is 0 Å². The van der Waals surface area contributed by atoms with Gasteiger partial charge >= 0.3 is 5.97 Å². The maximum atomic E-state index is 12.1. The van der Waals surface area contributed by atoms with E-state index in [0.717, 1.165) is 48.3 Å². The second kappa shape index (κ2) is 8.10. The molecule has 1 aliphatic heterocycles. The van der Waals surface area contributed by atoms with E-state index in [2.05, 4.69) is 9.88 Å². The van der Waals surface area contributed by atoms with Gasteiger partial charge in [0.05, 0.1) is 24.5 Å². The van der Waals surface area contributed by atoms with Crippen molar-refractivity contribution in [2.75, 3.05) is 25.4 Å². The molecule has 1 atom stereocenters. The van der Waals surface area contributed by atoms with Gasteiger partial charge in [-0.1, -0.05) is 6.42 Å². The number of nitrogens with zero attached hydrogens (tertiary/aromatic N) is 3. The predicted octanol–water partition coefficient (Wildman–Crippen LogP) is 3.32. The normalized spacial score (nSPS) is 21.0. The number of hydrogen-bond acceptors (Lipinski definition) is 7. The molecule has 1 fully saturated rings. The van der Waals surface area contributed by atoms with Gasteiger partial charge in [0.15, 0.2) is 0 Å². The molecule has 4 rings (SSSR count). The quantitative estimate of drug-likeness (QED) is 0.639. The molecule has 7 heteroatoms. The van der Waals surface area contributed by atoms with Crippen LogP contribution in [0, 0.1) is 5.92 Å². The number of thiophene rings is 1. The van der Waals surface area contributed by atoms with Gasteiger partial charge in [-0.25, -0.2) is 9.97 Å². The smallest absolute Gasteiger partial charge is 0.310 e. The first-order chi connectivity index (χ1) is 13.2. The number of nitrogen functional groups attached to an aromatic ring is 1. The summed E-state index contributed by atoms with van der Waals surface area (Å²) in [6.45, 7) is 4.60. The Bertz CT molecular complexity index is 835. The number of esters is 1. The molecule has 0 aromatic carbocycles. The van der Waals surface area contributed by atoms with E-state index in [0.29, 0.717) is 25.5 Å². The second-order valence-corrected chi connectivity index (χ2v) is 8.68. The maximum Gasteiger partial charge on any atom is 0.310 e. The standard InChI is InChI=1S/C20H28N4O2S/c1-2-26-20(25)13-7-6-10-24(11-13)12-16-22-18(21)17-14-8-4-3-5-9-15(14)27-19(17)23-16/h13H,2-12H2,1H3,(H2,21,22,23). The van der Waals surface area contributed by atoms with Crippen LogP contribution < -0.4 is 5.73 Å². The Labute approximate surface area is 164 Å². The van der Waals surface area contributed by atoms with Gasteiger partial charge < -0.3 is 10.5 Å². The summed E-state index contributed by atoms with van der Waals surface area (Å²) >= 11 is 1.79. The first kappa shape index (κ1) is 18.6. The van der Waals surface area contributed by atoms with E-state index in [1.54, 1.807) is 11.3 Å². The zero-order valence-corrected chi connectivity index (χ0v) is 16.8. The number of aryl methyl sites for hydroxylation is 2. The molecular weight excluding hydrogens is 360 g/mol. The summed E-state index contributed by atoms with van der Waals surface area (Å²) in [5.41, 5.74) is 7.75. The molecule has 27 heavy (non-hydrogen) atoms. The van der Waals surface area contributed by atoms with E-state index in [-0.39, 0.29) is 11.9 Å². The predicted molar refractivity (Wildman–Crippen MR) is 108 cm³/mol. The van der Waals surface area contributed by atoms with Crippen LogP contribution in [0.25, 0.3) is 10.2 Å². The van der Waals surface area contributed by atoms with Crippen molar-refractivity contribution in [1.29, 1.82) is 0 Å². The lowest BCUT2D eigenvalue weighted by Crippen LogP contribution is -2.39. The fourth-order valence-corrected chi connectivity index (χ4v) is 5.62. The van der Waals surface area contributed by atoms with Crippen LogP contribution in [0.1, 0.15) is 55.3 Å². The third kappa shape index (κ3) is 3.94. The highest BCUT2D eigenvalue weighted by Gasteiger charge is 2.27. The third-order valence-electron chi connectivity index (χ3n) is 5.63. The SMILES string of the molecule is CCOC(=O)C1CCCN(Cc2nc(N)c3c4c(sc3n2)CCCCC4)C1. The van der Waals surface area contributed by atoms with Gasteiger partial charge in [0.25, 0.3) is 0 Å². The van der Waals surface area contributed by atoms with Gasteiger partial charge in [0.1, 0.15) is 16.5 Å². The van der Waals surface area contributed by atoms with Crippen LogP contribution in [-0.4, -0.2) is 40.5 Å². The van der Waals surface area contributed by atoms with E-state index >= 15 is 0 Å². The van der Waals surface area contributed by atoms with Crippen LogP contribution in [0.15, 0.2) is 0 Å². The molecule has 2 aliphatic rings. The van der Waals surface area contributed by atoms with E-state index < -0.39 is 0 Å². The van der Waals surface area contributed by atoms with Crippen molar-refractivity contribution in [1.82, 2.24) is 14.9 Å². The number of likely N-dealkylation sites (tertiary alicyclic amines) is 1. The minimum atomic E-state index is -0.0833. The van der Waals surface area contributed by atoms with Crippen molar-refractivity contribution >= 4 is 33.3 Å². The molecule has 146 valence electrons. The Morgan fingerprint density at radius 3 is 2.96 bits per heavy atom. The van der Waals surface area contributed by atoms with Crippen LogP contribution in [-0.2, 0) is 28.9 Å². The van der Waals surface area contributed by atoms with Crippen LogP contribution in [0.5, 0.6) is 0 Å². The van der Waals surface area contributed by atoms with Gasteiger partial charge in [0.2, 0.25) is 0 Å². The average molecular weight is 389 g/mol. The molecule has 2 aromatic heterocycles. The number of nitrogens with two attached hydrogens (primary N) is 1. The number of carbonyl (C=O) groups excluding carboxylic acids is 1. The van der Waals surface area contributed by atoms with Crippen molar-refractivity contribution in [2.45, 2.75) is 58.4 Å². The fourth-order valence-electron chi connectivity index (χ4n) is 4.33. The summed E-state index contributed by atoms with van der Waals surface area (Å²) < 4.78 is 5.20. The summed E-state index contributed by atoms with van der Waals surface area (Å²) in [4.78, 5) is 26.3. The van der Waals surface area contributed by atoms with Crippen LogP contribution in [0.4, 0.5) is 5.82 Å². The number of fused-ring (bicyclic) bond motifs is 3. The average Bonchev–Trinajstić information content (AvgIpc) is 2.84. The summed E-state index contributed by atoms with van der Waals surface area (Å²) in [7, 11) is 0. The fraction of sp³-hybridized carbons (Fsp3) is 0.650. The number of piperidine rings is 1. The molecule has 0 bridgehead atoms. The first-order valence-electron chi connectivity index (χ1n) is 10.1. The molecule has 2 N–H and O–H groups in total. The minimum absolute atomic E-state index is 0.0439. The minimum Gasteiger partial charge on any atom is -0.466 e. The lowest BCUT2D eigenvalue weighted by Gasteiger charge is -2.30. The van der Waals surface area contributed by atoms with Crippen LogP contribution >= 0.6 is 11.3 Å². The van der Waals surface area contributed by atoms with Gasteiger partial charge in [-0.05, 0) is 57.6 Å². The summed E-state index contributed by atoms with van der Waals surface area (Å²) in [6.07, 6.45) is 7.89. The highest BCUT2D eigenvalue weighted by atomic mass is 32.1. The first-order valence-corrected chi connectivity index (χ1v) is 10.9. The molecular formula is C20H28N4O2S. The molecule has 0 saturated carbocycles. The molecule has 2 aromatic rings. The van der Waals surface area contributed by atoms with E-state index in [1.807, 2.05) is 6.92 Å². The molecule has 0 spiro atoms. The van der Waals surface area contributed by atoms with Gasteiger partial charge in [-0.15, -0.1) is 11.3 Å². The Morgan fingerprint density at radius 1 is 1.26 bits per heavy atom. The van der Waals surface area contributed by atoms with Crippen LogP contribution in [0.3, 0.4) is 0 Å². The molecule has 1 aliphatic carbocycles. The van der Waals surface area contributed by atoms with E-state index in [9.17, 15) is 4.79 Å². The number of rotatable bonds is 4. The summed E-state index contributed by atoms with van der Waals surface area (Å²) in [5, 5.41) is 1.09. The summed E-state index contributed by atoms with van der Waals surface area (Å²) in [5.74, 6) is 1.26. The van der Waals surface area contributed by atoms with Crippen molar-refractivity contribution in [3.8, 4) is 0 Å². The largest absolute Gasteiger partial charge is 0.466 e. The van der Waals surface area contributed by atoms with E-state index in [4.69, 9.17) is 15.5 Å². The number of carbonyl (C=O) groups is 1. The third-order valence-corrected chi connectivity index (χ3v) is 6.82. The lowest BCUT2D eigenvalue weighted by atomic mass is 9.98. The van der Waals surface area contributed by atoms with Gasteiger partial charge in [-0.2, -0.15) is 0 Å². The highest BCUT2D eigenvalue weighted by molar-refractivity contribution is 7.19. The van der Waals surface area contributed by atoms with E-state index in [1.165, 1.54) is 29.7 Å². The zero-order valence-electron chi connectivity index (χ0n) is 16.0. The molecule has 3 heterocycles. The lowest BCUT2D eigenvalue weighted by molar-refractivity contribution is -0.150. The molecule has 6 nitrogen and oxygen atoms in total.